The van der Waals surface area contributed by atoms with Gasteiger partial charge in [-0.1, -0.05) is 18.2 Å². The van der Waals surface area contributed by atoms with Crippen LogP contribution in [0.15, 0.2) is 60.9 Å². The minimum Gasteiger partial charge on any atom is -0.384 e. The molecule has 7 nitrogen and oxygen atoms in total. The van der Waals surface area contributed by atoms with Crippen molar-refractivity contribution in [1.82, 2.24) is 24.3 Å². The number of hydrogen-bond donors (Lipinski definition) is 1. The van der Waals surface area contributed by atoms with E-state index in [1.54, 1.807) is 24.4 Å². The predicted octanol–water partition coefficient (Wildman–Crippen LogP) is 4.91. The Labute approximate surface area is 224 Å². The molecule has 1 aromatic carbocycles. The van der Waals surface area contributed by atoms with Crippen LogP contribution in [-0.4, -0.2) is 57.3 Å². The summed E-state index contributed by atoms with van der Waals surface area (Å²) in [7, 11) is 1.94. The number of carbonyl (C=O) groups is 1. The second kappa shape index (κ2) is 9.78. The zero-order valence-electron chi connectivity index (χ0n) is 26.6. The van der Waals surface area contributed by atoms with Gasteiger partial charge < -0.3 is 15.2 Å². The Balaban J connectivity index is 1.34. The summed E-state index contributed by atoms with van der Waals surface area (Å²) in [6.07, 6.45) is 5.92. The molecular formula is C29H31FN6O. The molecule has 0 aliphatic carbocycles. The van der Waals surface area contributed by atoms with E-state index in [4.69, 9.17) is 14.0 Å². The number of halogens is 1. The molecule has 0 bridgehead atoms. The van der Waals surface area contributed by atoms with Gasteiger partial charge in [-0.15, -0.1) is 0 Å². The normalized spacial score (nSPS) is 18.1. The molecule has 1 amide bonds. The van der Waals surface area contributed by atoms with Crippen molar-refractivity contribution in [3.05, 3.63) is 83.6 Å². The van der Waals surface area contributed by atoms with E-state index in [2.05, 4.69) is 27.9 Å². The minimum absolute atomic E-state index is 0.0129. The van der Waals surface area contributed by atoms with Gasteiger partial charge in [0.1, 0.15) is 17.3 Å². The van der Waals surface area contributed by atoms with Gasteiger partial charge in [0.15, 0.2) is 0 Å². The monoisotopic (exact) mass is 504 g/mol. The molecule has 4 heterocycles. The van der Waals surface area contributed by atoms with Gasteiger partial charge in [-0.05, 0) is 54.3 Å². The molecule has 0 saturated carbocycles. The van der Waals surface area contributed by atoms with Crippen LogP contribution in [0, 0.1) is 5.82 Å². The fourth-order valence-electron chi connectivity index (χ4n) is 4.96. The maximum atomic E-state index is 14.8. The summed E-state index contributed by atoms with van der Waals surface area (Å²) < 4.78 is 61.7. The van der Waals surface area contributed by atoms with E-state index < -0.39 is 25.7 Å². The van der Waals surface area contributed by atoms with Crippen LogP contribution in [0.5, 0.6) is 0 Å². The molecule has 1 atom stereocenters. The number of amides is 1. The van der Waals surface area contributed by atoms with Crippen LogP contribution in [0.4, 0.5) is 10.2 Å². The second-order valence-electron chi connectivity index (χ2n) is 9.18. The van der Waals surface area contributed by atoms with Crippen molar-refractivity contribution in [2.75, 3.05) is 32.8 Å². The Kier molecular flexibility index (Phi) is 4.82. The Hall–Kier alpha value is -4.04. The van der Waals surface area contributed by atoms with Gasteiger partial charge in [-0.3, -0.25) is 9.69 Å². The smallest absolute Gasteiger partial charge is 0.253 e. The Morgan fingerprint density at radius 1 is 1.16 bits per heavy atom. The van der Waals surface area contributed by atoms with Crippen molar-refractivity contribution in [3.63, 3.8) is 0 Å². The van der Waals surface area contributed by atoms with Gasteiger partial charge >= 0.3 is 0 Å². The van der Waals surface area contributed by atoms with Gasteiger partial charge in [-0.25, -0.2) is 14.4 Å². The summed E-state index contributed by atoms with van der Waals surface area (Å²) in [6.45, 7) is -2.68. The van der Waals surface area contributed by atoms with E-state index >= 15 is 0 Å². The number of aromatic nitrogens is 3. The van der Waals surface area contributed by atoms with Crippen molar-refractivity contribution in [3.8, 4) is 11.1 Å². The summed E-state index contributed by atoms with van der Waals surface area (Å²) in [4.78, 5) is 23.6. The summed E-state index contributed by atoms with van der Waals surface area (Å²) in [5.41, 5.74) is 10.4. The van der Waals surface area contributed by atoms with Gasteiger partial charge in [-0.2, -0.15) is 0 Å². The first-order valence-corrected chi connectivity index (χ1v) is 11.9. The van der Waals surface area contributed by atoms with E-state index in [1.165, 1.54) is 24.4 Å². The average Bonchev–Trinajstić information content (AvgIpc) is 3.28. The van der Waals surface area contributed by atoms with Crippen LogP contribution in [0.2, 0.25) is 0 Å². The number of nitrogens with zero attached hydrogens (tertiary/aromatic N) is 5. The number of nitrogens with two attached hydrogens (primary N) is 1. The average molecular weight is 505 g/mol. The minimum atomic E-state index is -3.10. The highest BCUT2D eigenvalue weighted by atomic mass is 19.1. The second-order valence-corrected chi connectivity index (χ2v) is 9.18. The molecule has 8 heteroatoms. The number of rotatable bonds is 5. The van der Waals surface area contributed by atoms with Crippen LogP contribution in [0.25, 0.3) is 27.7 Å². The molecule has 1 aliphatic heterocycles. The lowest BCUT2D eigenvalue weighted by atomic mass is 9.97. The molecule has 190 valence electrons. The molecule has 4 aromatic rings. The highest BCUT2D eigenvalue weighted by Gasteiger charge is 2.24. The Morgan fingerprint density at radius 2 is 1.95 bits per heavy atom. The number of aryl methyl sites for hydroxylation is 1. The number of pyridine rings is 2. The van der Waals surface area contributed by atoms with E-state index in [1.807, 2.05) is 17.7 Å². The van der Waals surface area contributed by atoms with Crippen molar-refractivity contribution in [1.29, 1.82) is 0 Å². The van der Waals surface area contributed by atoms with Crippen LogP contribution in [0.1, 0.15) is 49.2 Å². The number of benzene rings is 1. The van der Waals surface area contributed by atoms with Crippen LogP contribution < -0.4 is 5.73 Å². The summed E-state index contributed by atoms with van der Waals surface area (Å²) >= 11 is 0. The number of nitrogen functional groups attached to an aromatic ring is 1. The third-order valence-electron chi connectivity index (χ3n) is 7.05. The molecule has 5 rings (SSSR count). The van der Waals surface area contributed by atoms with Crippen LogP contribution >= 0.6 is 0 Å². The first-order chi connectivity index (χ1) is 20.2. The standard InChI is InChI=1S/C29H31FN6O/c1-18(36-13-10-20(11-14-36)19-5-7-21(8-6-19)29(37)34(2)3)26-15-23-22(9-12-32-28(23)35(26)4)24-17-33-27(31)16-25(24)30/h5-10,12,15-18H,11,13-14H2,1-4H3,(H2,31,33)/t18-/m0/s1/i2D3,3D3. The molecule has 0 saturated heterocycles. The molecule has 0 radical (unpaired) electrons. The number of fused-ring (bicyclic) bond motifs is 1. The largest absolute Gasteiger partial charge is 0.384 e. The van der Waals surface area contributed by atoms with E-state index in [9.17, 15) is 9.18 Å². The van der Waals surface area contributed by atoms with Crippen molar-refractivity contribution in [2.45, 2.75) is 19.4 Å². The topological polar surface area (TPSA) is 80.3 Å². The lowest BCUT2D eigenvalue weighted by Gasteiger charge is -2.32. The maximum absolute atomic E-state index is 14.8. The van der Waals surface area contributed by atoms with Crippen molar-refractivity contribution < 1.29 is 17.4 Å². The highest BCUT2D eigenvalue weighted by Crippen LogP contribution is 2.35. The molecule has 0 fully saturated rings. The van der Waals surface area contributed by atoms with Gasteiger partial charge in [0.05, 0.1) is 0 Å². The summed E-state index contributed by atoms with van der Waals surface area (Å²) in [5.74, 6) is -1.41. The lowest BCUT2D eigenvalue weighted by molar-refractivity contribution is 0.0827. The first-order valence-electron chi connectivity index (χ1n) is 14.9. The zero-order valence-corrected chi connectivity index (χ0v) is 20.6. The van der Waals surface area contributed by atoms with Gasteiger partial charge in [0, 0.05) is 89.0 Å². The third-order valence-corrected chi connectivity index (χ3v) is 7.05. The number of anilines is 1. The fraction of sp³-hybridized carbons (Fsp3) is 0.276. The summed E-state index contributed by atoms with van der Waals surface area (Å²) in [5, 5.41) is 0.816. The van der Waals surface area contributed by atoms with Crippen LogP contribution in [-0.2, 0) is 7.05 Å². The SMILES string of the molecule is [2H]C([2H])([2H])N(C(=O)c1ccc(C2=CCN([C@@H](C)c3cc4c(-c5cnc(N)cc5F)ccnc4n3C)CC2)cc1)C([2H])([2H])[2H]. The molecule has 3 aromatic heterocycles. The van der Waals surface area contributed by atoms with E-state index in [0.29, 0.717) is 17.7 Å². The molecule has 0 spiro atoms. The molecule has 0 unspecified atom stereocenters. The zero-order chi connectivity index (χ0) is 31.3. The van der Waals surface area contributed by atoms with Crippen molar-refractivity contribution >= 4 is 28.3 Å². The Morgan fingerprint density at radius 3 is 2.62 bits per heavy atom. The molecule has 1 aliphatic rings. The first kappa shape index (κ1) is 18.2. The van der Waals surface area contributed by atoms with Crippen LogP contribution in [0.3, 0.4) is 0 Å². The van der Waals surface area contributed by atoms with E-state index in [0.717, 1.165) is 40.8 Å². The molecule has 37 heavy (non-hydrogen) atoms. The lowest BCUT2D eigenvalue weighted by Crippen LogP contribution is -2.32. The maximum Gasteiger partial charge on any atom is 0.253 e. The molecular weight excluding hydrogens is 467 g/mol. The van der Waals surface area contributed by atoms with Gasteiger partial charge in [0.25, 0.3) is 5.91 Å². The molecule has 2 N–H and O–H groups in total. The Bertz CT molecular complexity index is 1700. The third kappa shape index (κ3) is 4.60. The summed E-state index contributed by atoms with van der Waals surface area (Å²) in [6, 6.07) is 11.4. The quantitative estimate of drug-likeness (QED) is 0.418. The highest BCUT2D eigenvalue weighted by molar-refractivity contribution is 5.95. The number of carbonyl (C=O) groups excluding carboxylic acids is 1. The number of hydrogen-bond acceptors (Lipinski definition) is 5. The van der Waals surface area contributed by atoms with Gasteiger partial charge in [0.2, 0.25) is 0 Å². The van der Waals surface area contributed by atoms with E-state index in [-0.39, 0.29) is 22.3 Å². The van der Waals surface area contributed by atoms with Crippen molar-refractivity contribution in [2.24, 2.45) is 7.05 Å². The predicted molar refractivity (Wildman–Crippen MR) is 145 cm³/mol. The fourth-order valence-corrected chi connectivity index (χ4v) is 4.96.